The largest absolute Gasteiger partial charge is 0.324 e. The number of H-pyrrole nitrogens is 1. The van der Waals surface area contributed by atoms with Gasteiger partial charge in [0.15, 0.2) is 5.69 Å². The van der Waals surface area contributed by atoms with Gasteiger partial charge in [-0.15, -0.1) is 0 Å². The summed E-state index contributed by atoms with van der Waals surface area (Å²) in [5.41, 5.74) is 3.52. The number of hydrogen-bond acceptors (Lipinski definition) is 5. The minimum absolute atomic E-state index is 0.291. The van der Waals surface area contributed by atoms with E-state index in [0.717, 1.165) is 22.2 Å². The summed E-state index contributed by atoms with van der Waals surface area (Å²) in [7, 11) is 0. The molecule has 0 atom stereocenters. The van der Waals surface area contributed by atoms with E-state index in [-0.39, 0.29) is 5.91 Å². The summed E-state index contributed by atoms with van der Waals surface area (Å²) < 4.78 is 0. The molecule has 0 fully saturated rings. The Bertz CT molecular complexity index is 1140. The monoisotopic (exact) mass is 378 g/mol. The fourth-order valence-corrected chi connectivity index (χ4v) is 2.82. The van der Waals surface area contributed by atoms with Crippen LogP contribution >= 0.6 is 11.6 Å². The number of nitrogens with zero attached hydrogens (tertiary/aromatic N) is 3. The van der Waals surface area contributed by atoms with Gasteiger partial charge in [-0.1, -0.05) is 35.9 Å². The number of fused-ring (bicyclic) bond motifs is 1. The maximum atomic E-state index is 12.6. The third-order valence-corrected chi connectivity index (χ3v) is 4.26. The average Bonchev–Trinajstić information content (AvgIpc) is 3.09. The molecular weight excluding hydrogens is 364 g/mol. The molecule has 134 valence electrons. The van der Waals surface area contributed by atoms with Crippen molar-refractivity contribution in [2.45, 2.75) is 6.92 Å². The first-order valence-electron chi connectivity index (χ1n) is 8.21. The molecule has 0 unspecified atom stereocenters. The van der Waals surface area contributed by atoms with Crippen LogP contribution in [0.5, 0.6) is 0 Å². The normalized spacial score (nSPS) is 10.7. The summed E-state index contributed by atoms with van der Waals surface area (Å²) in [4.78, 5) is 20.9. The van der Waals surface area contributed by atoms with E-state index in [9.17, 15) is 4.79 Å². The van der Waals surface area contributed by atoms with Crippen molar-refractivity contribution in [1.82, 2.24) is 20.2 Å². The van der Waals surface area contributed by atoms with Crippen molar-refractivity contribution in [3.63, 3.8) is 0 Å². The summed E-state index contributed by atoms with van der Waals surface area (Å²) >= 11 is 5.90. The van der Waals surface area contributed by atoms with Crippen LogP contribution in [0, 0.1) is 6.92 Å². The van der Waals surface area contributed by atoms with Crippen LogP contribution < -0.4 is 10.6 Å². The molecule has 2 aromatic carbocycles. The summed E-state index contributed by atoms with van der Waals surface area (Å²) in [6.07, 6.45) is 1.57. The number of amides is 1. The van der Waals surface area contributed by atoms with Crippen LogP contribution in [0.3, 0.4) is 0 Å². The van der Waals surface area contributed by atoms with Crippen LogP contribution in [0.4, 0.5) is 17.3 Å². The first-order chi connectivity index (χ1) is 13.1. The molecule has 0 bridgehead atoms. The van der Waals surface area contributed by atoms with Gasteiger partial charge in [-0.3, -0.25) is 9.89 Å². The molecule has 0 saturated heterocycles. The second-order valence-electron chi connectivity index (χ2n) is 5.93. The molecule has 0 aliphatic heterocycles. The molecule has 0 radical (unpaired) electrons. The molecule has 27 heavy (non-hydrogen) atoms. The van der Waals surface area contributed by atoms with Gasteiger partial charge in [-0.25, -0.2) is 9.97 Å². The second kappa shape index (κ2) is 7.05. The van der Waals surface area contributed by atoms with Crippen molar-refractivity contribution in [3.8, 4) is 0 Å². The molecule has 1 amide bonds. The van der Waals surface area contributed by atoms with E-state index in [1.54, 1.807) is 12.3 Å². The molecule has 4 aromatic rings. The van der Waals surface area contributed by atoms with Crippen LogP contribution in [0.1, 0.15) is 16.1 Å². The number of aryl methyl sites for hydroxylation is 1. The number of rotatable bonds is 4. The van der Waals surface area contributed by atoms with Crippen molar-refractivity contribution in [1.29, 1.82) is 0 Å². The first-order valence-corrected chi connectivity index (χ1v) is 8.58. The van der Waals surface area contributed by atoms with Crippen molar-refractivity contribution in [2.75, 3.05) is 10.6 Å². The number of carbonyl (C=O) groups is 1. The number of anilines is 3. The molecule has 0 saturated carbocycles. The van der Waals surface area contributed by atoms with Gasteiger partial charge in [0.25, 0.3) is 5.91 Å². The Balaban J connectivity index is 1.58. The van der Waals surface area contributed by atoms with Gasteiger partial charge in [0.2, 0.25) is 5.95 Å². The Morgan fingerprint density at radius 1 is 1.15 bits per heavy atom. The van der Waals surface area contributed by atoms with Gasteiger partial charge < -0.3 is 10.6 Å². The smallest absolute Gasteiger partial charge is 0.276 e. The Kier molecular flexibility index (Phi) is 4.43. The summed E-state index contributed by atoms with van der Waals surface area (Å²) in [5, 5.41) is 14.1. The van der Waals surface area contributed by atoms with Crippen molar-refractivity contribution < 1.29 is 4.79 Å². The third-order valence-electron chi connectivity index (χ3n) is 4.05. The van der Waals surface area contributed by atoms with Crippen molar-refractivity contribution >= 4 is 45.7 Å². The maximum absolute atomic E-state index is 12.6. The van der Waals surface area contributed by atoms with E-state index in [1.165, 1.54) is 0 Å². The Labute approximate surface area is 159 Å². The zero-order chi connectivity index (χ0) is 18.8. The van der Waals surface area contributed by atoms with Gasteiger partial charge in [-0.2, -0.15) is 5.10 Å². The molecule has 7 nitrogen and oxygen atoms in total. The Morgan fingerprint density at radius 3 is 2.85 bits per heavy atom. The van der Waals surface area contributed by atoms with E-state index in [4.69, 9.17) is 11.6 Å². The number of nitrogens with one attached hydrogen (secondary N) is 3. The lowest BCUT2D eigenvalue weighted by Crippen LogP contribution is -2.13. The topological polar surface area (TPSA) is 95.6 Å². The summed E-state index contributed by atoms with van der Waals surface area (Å²) in [5.74, 6) is 0.0913. The van der Waals surface area contributed by atoms with Gasteiger partial charge in [0, 0.05) is 23.0 Å². The Morgan fingerprint density at radius 2 is 2.00 bits per heavy atom. The number of halogens is 1. The molecule has 0 aliphatic carbocycles. The second-order valence-corrected chi connectivity index (χ2v) is 6.32. The number of aromatic nitrogens is 4. The van der Waals surface area contributed by atoms with Crippen LogP contribution in [0.2, 0.25) is 5.15 Å². The number of benzene rings is 2. The van der Waals surface area contributed by atoms with Gasteiger partial charge in [0.1, 0.15) is 5.15 Å². The molecule has 0 aliphatic rings. The standard InChI is InChI=1S/C19H15ClN6O/c1-11-6-7-12(10-15(11)23-19-21-9-8-16(20)24-19)22-18(27)17-13-4-2-3-5-14(13)25-26-17/h2-10H,1H3,(H,22,27)(H,25,26)(H,21,23,24). The minimum atomic E-state index is -0.291. The lowest BCUT2D eigenvalue weighted by molar-refractivity contribution is 0.102. The van der Waals surface area contributed by atoms with Crippen molar-refractivity contribution in [3.05, 3.63) is 71.1 Å². The molecule has 2 heterocycles. The highest BCUT2D eigenvalue weighted by molar-refractivity contribution is 6.29. The highest BCUT2D eigenvalue weighted by atomic mass is 35.5. The first kappa shape index (κ1) is 17.0. The van der Waals surface area contributed by atoms with E-state index >= 15 is 0 Å². The fraction of sp³-hybridized carbons (Fsp3) is 0.0526. The van der Waals surface area contributed by atoms with E-state index in [0.29, 0.717) is 22.5 Å². The maximum Gasteiger partial charge on any atom is 0.276 e. The SMILES string of the molecule is Cc1ccc(NC(=O)c2n[nH]c3ccccc23)cc1Nc1nccc(Cl)n1. The molecule has 3 N–H and O–H groups in total. The van der Waals surface area contributed by atoms with Crippen molar-refractivity contribution in [2.24, 2.45) is 0 Å². The summed E-state index contributed by atoms with van der Waals surface area (Å²) in [6.45, 7) is 1.94. The lowest BCUT2D eigenvalue weighted by atomic mass is 10.1. The number of aromatic amines is 1. The quantitative estimate of drug-likeness (QED) is 0.460. The third kappa shape index (κ3) is 3.58. The molecule has 2 aromatic heterocycles. The summed E-state index contributed by atoms with van der Waals surface area (Å²) in [6, 6.07) is 14.6. The zero-order valence-electron chi connectivity index (χ0n) is 14.3. The minimum Gasteiger partial charge on any atom is -0.324 e. The molecule has 0 spiro atoms. The molecule has 4 rings (SSSR count). The van der Waals surface area contributed by atoms with Crippen LogP contribution in [0.15, 0.2) is 54.7 Å². The number of para-hydroxylation sites is 1. The number of hydrogen-bond donors (Lipinski definition) is 3. The van der Waals surface area contributed by atoms with Crippen LogP contribution in [-0.4, -0.2) is 26.1 Å². The lowest BCUT2D eigenvalue weighted by Gasteiger charge is -2.11. The van der Waals surface area contributed by atoms with E-state index in [2.05, 4.69) is 30.8 Å². The zero-order valence-corrected chi connectivity index (χ0v) is 15.1. The van der Waals surface area contributed by atoms with E-state index in [1.807, 2.05) is 49.4 Å². The number of carbonyl (C=O) groups excluding carboxylic acids is 1. The Hall–Kier alpha value is -3.45. The van der Waals surface area contributed by atoms with Gasteiger partial charge in [0.05, 0.1) is 5.52 Å². The average molecular weight is 379 g/mol. The van der Waals surface area contributed by atoms with Crippen LogP contribution in [0.25, 0.3) is 10.9 Å². The van der Waals surface area contributed by atoms with Gasteiger partial charge in [-0.05, 0) is 36.8 Å². The van der Waals surface area contributed by atoms with E-state index < -0.39 is 0 Å². The van der Waals surface area contributed by atoms with Crippen LogP contribution in [-0.2, 0) is 0 Å². The predicted octanol–water partition coefficient (Wildman–Crippen LogP) is 4.31. The highest BCUT2D eigenvalue weighted by Gasteiger charge is 2.14. The van der Waals surface area contributed by atoms with Gasteiger partial charge >= 0.3 is 0 Å². The fourth-order valence-electron chi connectivity index (χ4n) is 2.68. The predicted molar refractivity (Wildman–Crippen MR) is 106 cm³/mol. The molecule has 8 heteroatoms. The molecular formula is C19H15ClN6O. The highest BCUT2D eigenvalue weighted by Crippen LogP contribution is 2.24.